The summed E-state index contributed by atoms with van der Waals surface area (Å²) in [6.07, 6.45) is 4.97. The number of sulfonamides is 1. The largest absolute Gasteiger partial charge is 0.468 e. The van der Waals surface area contributed by atoms with Gasteiger partial charge in [0.25, 0.3) is 0 Å². The van der Waals surface area contributed by atoms with Gasteiger partial charge in [-0.3, -0.25) is 9.69 Å². The van der Waals surface area contributed by atoms with Crippen LogP contribution in [0.5, 0.6) is 0 Å². The second-order valence-corrected chi connectivity index (χ2v) is 8.06. The van der Waals surface area contributed by atoms with Crippen LogP contribution in [0.25, 0.3) is 0 Å². The summed E-state index contributed by atoms with van der Waals surface area (Å²) in [5.74, 6) is 0.521. The summed E-state index contributed by atoms with van der Waals surface area (Å²) in [5.41, 5.74) is 0. The zero-order valence-electron chi connectivity index (χ0n) is 13.9. The van der Waals surface area contributed by atoms with Crippen LogP contribution in [0.15, 0.2) is 22.8 Å². The maximum atomic E-state index is 12.5. The van der Waals surface area contributed by atoms with E-state index in [4.69, 9.17) is 4.42 Å². The van der Waals surface area contributed by atoms with Crippen molar-refractivity contribution in [2.45, 2.75) is 31.3 Å². The first-order chi connectivity index (χ1) is 10.8. The van der Waals surface area contributed by atoms with Crippen LogP contribution in [0.4, 0.5) is 0 Å². The Morgan fingerprint density at radius 3 is 2.78 bits per heavy atom. The Bertz CT molecular complexity index is 613. The van der Waals surface area contributed by atoms with Crippen LogP contribution in [-0.4, -0.2) is 63.0 Å². The lowest BCUT2D eigenvalue weighted by Gasteiger charge is -2.33. The van der Waals surface area contributed by atoms with Gasteiger partial charge in [-0.25, -0.2) is 8.42 Å². The predicted octanol–water partition coefficient (Wildman–Crippen LogP) is 0.813. The van der Waals surface area contributed by atoms with Crippen molar-refractivity contribution in [2.75, 3.05) is 33.4 Å². The molecule has 1 fully saturated rings. The lowest BCUT2D eigenvalue weighted by molar-refractivity contribution is -0.125. The monoisotopic (exact) mass is 343 g/mol. The zero-order chi connectivity index (χ0) is 17.0. The quantitative estimate of drug-likeness (QED) is 0.826. The highest BCUT2D eigenvalue weighted by atomic mass is 32.2. The summed E-state index contributed by atoms with van der Waals surface area (Å²) >= 11 is 0. The van der Waals surface area contributed by atoms with Gasteiger partial charge in [-0.2, -0.15) is 4.31 Å². The number of carbonyl (C=O) groups excluding carboxylic acids is 1. The topological polar surface area (TPSA) is 82.9 Å². The molecular formula is C15H25N3O4S. The van der Waals surface area contributed by atoms with E-state index in [9.17, 15) is 13.2 Å². The lowest BCUT2D eigenvalue weighted by Crippen LogP contribution is -2.52. The summed E-state index contributed by atoms with van der Waals surface area (Å²) in [7, 11) is 0.436. The maximum absolute atomic E-state index is 12.5. The number of carbonyl (C=O) groups is 1. The molecule has 1 aromatic heterocycles. The summed E-state index contributed by atoms with van der Waals surface area (Å²) < 4.78 is 30.4. The first kappa shape index (κ1) is 18.0. The van der Waals surface area contributed by atoms with Crippen molar-refractivity contribution in [3.63, 3.8) is 0 Å². The number of nitrogens with zero attached hydrogens (tertiary/aromatic N) is 2. The summed E-state index contributed by atoms with van der Waals surface area (Å²) in [6, 6.07) is 2.96. The highest BCUT2D eigenvalue weighted by molar-refractivity contribution is 7.88. The molecule has 1 amide bonds. The van der Waals surface area contributed by atoms with Crippen LogP contribution in [-0.2, 0) is 14.8 Å². The Morgan fingerprint density at radius 1 is 1.48 bits per heavy atom. The van der Waals surface area contributed by atoms with Crippen molar-refractivity contribution in [3.8, 4) is 0 Å². The van der Waals surface area contributed by atoms with Crippen LogP contribution in [0, 0.1) is 0 Å². The SMILES string of the molecule is CN(C)[C@@H](CNC(=O)[C@@H]1CCCCN1S(C)(=O)=O)c1ccco1. The van der Waals surface area contributed by atoms with Crippen molar-refractivity contribution in [3.05, 3.63) is 24.2 Å². The van der Waals surface area contributed by atoms with Crippen LogP contribution in [0.1, 0.15) is 31.1 Å². The molecule has 2 rings (SSSR count). The van der Waals surface area contributed by atoms with Crippen LogP contribution in [0.2, 0.25) is 0 Å². The van der Waals surface area contributed by atoms with E-state index in [1.54, 1.807) is 12.3 Å². The van der Waals surface area contributed by atoms with Gasteiger partial charge < -0.3 is 9.73 Å². The second-order valence-electron chi connectivity index (χ2n) is 6.13. The average Bonchev–Trinajstić information content (AvgIpc) is 3.00. The van der Waals surface area contributed by atoms with Crippen LogP contribution < -0.4 is 5.32 Å². The third kappa shape index (κ3) is 4.55. The number of hydrogen-bond donors (Lipinski definition) is 1. The molecule has 2 atom stereocenters. The molecule has 0 saturated carbocycles. The van der Waals surface area contributed by atoms with Crippen molar-refractivity contribution in [2.24, 2.45) is 0 Å². The Labute approximate surface area is 137 Å². The summed E-state index contributed by atoms with van der Waals surface area (Å²) in [6.45, 7) is 0.777. The fraction of sp³-hybridized carbons (Fsp3) is 0.667. The first-order valence-electron chi connectivity index (χ1n) is 7.75. The van der Waals surface area contributed by atoms with E-state index in [0.29, 0.717) is 19.5 Å². The molecule has 0 spiro atoms. The van der Waals surface area contributed by atoms with Gasteiger partial charge >= 0.3 is 0 Å². The van der Waals surface area contributed by atoms with Crippen molar-refractivity contribution < 1.29 is 17.6 Å². The fourth-order valence-corrected chi connectivity index (χ4v) is 4.02. The van der Waals surface area contributed by atoms with E-state index >= 15 is 0 Å². The highest BCUT2D eigenvalue weighted by Crippen LogP contribution is 2.21. The molecule has 0 aliphatic carbocycles. The number of hydrogen-bond acceptors (Lipinski definition) is 5. The molecule has 0 aromatic carbocycles. The molecule has 1 N–H and O–H groups in total. The van der Waals surface area contributed by atoms with Crippen molar-refractivity contribution >= 4 is 15.9 Å². The van der Waals surface area contributed by atoms with E-state index in [2.05, 4.69) is 5.32 Å². The summed E-state index contributed by atoms with van der Waals surface area (Å²) in [4.78, 5) is 14.4. The number of likely N-dealkylation sites (N-methyl/N-ethyl adjacent to an activating group) is 1. The third-order valence-corrected chi connectivity index (χ3v) is 5.44. The molecule has 0 unspecified atom stereocenters. The van der Waals surface area contributed by atoms with Crippen LogP contribution >= 0.6 is 0 Å². The predicted molar refractivity (Wildman–Crippen MR) is 87.3 cm³/mol. The number of rotatable bonds is 6. The van der Waals surface area contributed by atoms with E-state index < -0.39 is 16.1 Å². The molecule has 2 heterocycles. The maximum Gasteiger partial charge on any atom is 0.238 e. The molecule has 0 bridgehead atoms. The Hall–Kier alpha value is -1.38. The van der Waals surface area contributed by atoms with Gasteiger partial charge in [0.2, 0.25) is 15.9 Å². The minimum atomic E-state index is -3.37. The number of amides is 1. The molecule has 1 aromatic rings. The van der Waals surface area contributed by atoms with Gasteiger partial charge in [0.05, 0.1) is 18.6 Å². The van der Waals surface area contributed by atoms with E-state index in [-0.39, 0.29) is 11.9 Å². The van der Waals surface area contributed by atoms with E-state index in [1.807, 2.05) is 25.1 Å². The summed E-state index contributed by atoms with van der Waals surface area (Å²) in [5, 5.41) is 2.88. The fourth-order valence-electron chi connectivity index (χ4n) is 2.90. The van der Waals surface area contributed by atoms with E-state index in [1.165, 1.54) is 4.31 Å². The first-order valence-corrected chi connectivity index (χ1v) is 9.60. The van der Waals surface area contributed by atoms with Crippen molar-refractivity contribution in [1.82, 2.24) is 14.5 Å². The molecule has 7 nitrogen and oxygen atoms in total. The lowest BCUT2D eigenvalue weighted by atomic mass is 10.0. The van der Waals surface area contributed by atoms with Gasteiger partial charge in [-0.1, -0.05) is 6.42 Å². The zero-order valence-corrected chi connectivity index (χ0v) is 14.7. The average molecular weight is 343 g/mol. The van der Waals surface area contributed by atoms with Gasteiger partial charge in [-0.05, 0) is 39.1 Å². The second kappa shape index (κ2) is 7.46. The Balaban J connectivity index is 2.02. The van der Waals surface area contributed by atoms with Gasteiger partial charge in [0.1, 0.15) is 11.8 Å². The number of piperidine rings is 1. The minimum Gasteiger partial charge on any atom is -0.468 e. The standard InChI is InChI=1S/C15H25N3O4S/c1-17(2)13(14-8-6-10-22-14)11-16-15(19)12-7-4-5-9-18(12)23(3,20)21/h6,8,10,12-13H,4-5,7,9,11H2,1-3H3,(H,16,19)/t12-,13-/m0/s1. The van der Waals surface area contributed by atoms with Crippen molar-refractivity contribution in [1.29, 1.82) is 0 Å². The van der Waals surface area contributed by atoms with Gasteiger partial charge in [0.15, 0.2) is 0 Å². The molecule has 8 heteroatoms. The molecular weight excluding hydrogens is 318 g/mol. The molecule has 0 radical (unpaired) electrons. The van der Waals surface area contributed by atoms with Gasteiger partial charge in [0, 0.05) is 13.1 Å². The Kier molecular flexibility index (Phi) is 5.83. The molecule has 1 aliphatic heterocycles. The molecule has 1 saturated heterocycles. The highest BCUT2D eigenvalue weighted by Gasteiger charge is 2.34. The smallest absolute Gasteiger partial charge is 0.238 e. The van der Waals surface area contributed by atoms with Gasteiger partial charge in [-0.15, -0.1) is 0 Å². The number of nitrogens with one attached hydrogen (secondary N) is 1. The third-order valence-electron chi connectivity index (χ3n) is 4.15. The number of furan rings is 1. The normalized spacial score (nSPS) is 21.3. The van der Waals surface area contributed by atoms with Crippen LogP contribution in [0.3, 0.4) is 0 Å². The molecule has 130 valence electrons. The minimum absolute atomic E-state index is 0.0933. The molecule has 1 aliphatic rings. The molecule has 23 heavy (non-hydrogen) atoms. The Morgan fingerprint density at radius 2 is 2.22 bits per heavy atom. The van der Waals surface area contributed by atoms with E-state index in [0.717, 1.165) is 24.9 Å².